The van der Waals surface area contributed by atoms with Gasteiger partial charge in [-0.05, 0) is 18.8 Å². The average molecular weight is 245 g/mol. The largest absolute Gasteiger partial charge is 0.394 e. The van der Waals surface area contributed by atoms with Crippen molar-refractivity contribution in [2.24, 2.45) is 11.8 Å². The molecule has 1 amide bonds. The van der Waals surface area contributed by atoms with E-state index in [1.165, 1.54) is 0 Å². The van der Waals surface area contributed by atoms with Gasteiger partial charge in [-0.25, -0.2) is 0 Å². The molecule has 0 bridgehead atoms. The second kappa shape index (κ2) is 9.42. The highest BCUT2D eigenvalue weighted by molar-refractivity contribution is 5.78. The summed E-state index contributed by atoms with van der Waals surface area (Å²) in [6.45, 7) is 6.18. The summed E-state index contributed by atoms with van der Waals surface area (Å²) in [7, 11) is 0. The maximum absolute atomic E-state index is 11.8. The van der Waals surface area contributed by atoms with Crippen LogP contribution in [0.25, 0.3) is 0 Å². The number of nitrogens with one attached hydrogen (secondary N) is 1. The van der Waals surface area contributed by atoms with Crippen molar-refractivity contribution in [3.63, 3.8) is 0 Å². The number of aliphatic hydroxyl groups is 2. The van der Waals surface area contributed by atoms with Crippen LogP contribution < -0.4 is 5.32 Å². The lowest BCUT2D eigenvalue weighted by molar-refractivity contribution is -0.125. The van der Waals surface area contributed by atoms with Crippen molar-refractivity contribution in [1.82, 2.24) is 5.32 Å². The van der Waals surface area contributed by atoms with Gasteiger partial charge in [0.1, 0.15) is 0 Å². The second-order valence-electron chi connectivity index (χ2n) is 5.01. The zero-order valence-corrected chi connectivity index (χ0v) is 11.3. The van der Waals surface area contributed by atoms with Gasteiger partial charge in [-0.1, -0.05) is 33.6 Å². The van der Waals surface area contributed by atoms with Crippen molar-refractivity contribution in [3.8, 4) is 0 Å². The monoisotopic (exact) mass is 245 g/mol. The van der Waals surface area contributed by atoms with E-state index in [2.05, 4.69) is 19.2 Å². The van der Waals surface area contributed by atoms with Crippen molar-refractivity contribution in [2.75, 3.05) is 13.2 Å². The molecule has 0 aliphatic heterocycles. The number of hydrogen-bond acceptors (Lipinski definition) is 3. The zero-order valence-electron chi connectivity index (χ0n) is 11.3. The van der Waals surface area contributed by atoms with Crippen LogP contribution in [0.4, 0.5) is 0 Å². The Kier molecular flexibility index (Phi) is 9.09. The Labute approximate surface area is 104 Å². The molecule has 0 heterocycles. The van der Waals surface area contributed by atoms with Gasteiger partial charge in [0.2, 0.25) is 5.91 Å². The zero-order chi connectivity index (χ0) is 13.3. The Balaban J connectivity index is 3.87. The third kappa shape index (κ3) is 8.16. The van der Waals surface area contributed by atoms with Gasteiger partial charge in [-0.15, -0.1) is 0 Å². The normalized spacial score (nSPS) is 14.7. The molecule has 0 aromatic rings. The lowest BCUT2D eigenvalue weighted by Gasteiger charge is -2.16. The molecule has 0 aromatic carbocycles. The highest BCUT2D eigenvalue weighted by Crippen LogP contribution is 2.15. The third-order valence-electron chi connectivity index (χ3n) is 2.92. The van der Waals surface area contributed by atoms with Gasteiger partial charge < -0.3 is 15.5 Å². The highest BCUT2D eigenvalue weighted by atomic mass is 16.3. The molecule has 0 rings (SSSR count). The molecule has 0 saturated heterocycles. The van der Waals surface area contributed by atoms with Gasteiger partial charge >= 0.3 is 0 Å². The van der Waals surface area contributed by atoms with Crippen LogP contribution in [0.3, 0.4) is 0 Å². The molecule has 102 valence electrons. The minimum Gasteiger partial charge on any atom is -0.394 e. The molecule has 2 unspecified atom stereocenters. The molecule has 4 nitrogen and oxygen atoms in total. The summed E-state index contributed by atoms with van der Waals surface area (Å²) in [6.07, 6.45) is 3.07. The van der Waals surface area contributed by atoms with E-state index in [0.29, 0.717) is 5.92 Å². The molecule has 0 spiro atoms. The lowest BCUT2D eigenvalue weighted by Crippen LogP contribution is -2.37. The molecule has 0 fully saturated rings. The van der Waals surface area contributed by atoms with E-state index < -0.39 is 6.10 Å². The minimum absolute atomic E-state index is 0.0104. The molecule has 3 N–H and O–H groups in total. The van der Waals surface area contributed by atoms with Crippen molar-refractivity contribution >= 4 is 5.91 Å². The highest BCUT2D eigenvalue weighted by Gasteiger charge is 2.16. The minimum atomic E-state index is -0.855. The quantitative estimate of drug-likeness (QED) is 0.573. The van der Waals surface area contributed by atoms with E-state index in [9.17, 15) is 4.79 Å². The van der Waals surface area contributed by atoms with Crippen LogP contribution >= 0.6 is 0 Å². The number of aliphatic hydroxyl groups excluding tert-OH is 2. The predicted molar refractivity (Wildman–Crippen MR) is 68.6 cm³/mol. The summed E-state index contributed by atoms with van der Waals surface area (Å²) in [6, 6.07) is 0. The smallest absolute Gasteiger partial charge is 0.223 e. The molecule has 2 atom stereocenters. The van der Waals surface area contributed by atoms with Crippen molar-refractivity contribution < 1.29 is 15.0 Å². The van der Waals surface area contributed by atoms with E-state index in [-0.39, 0.29) is 25.0 Å². The van der Waals surface area contributed by atoms with Crippen LogP contribution in [-0.4, -0.2) is 35.4 Å². The van der Waals surface area contributed by atoms with Gasteiger partial charge in [0.15, 0.2) is 0 Å². The van der Waals surface area contributed by atoms with Gasteiger partial charge in [0, 0.05) is 12.5 Å². The number of hydrogen-bond donors (Lipinski definition) is 3. The summed E-state index contributed by atoms with van der Waals surface area (Å²) < 4.78 is 0. The van der Waals surface area contributed by atoms with Gasteiger partial charge in [-0.2, -0.15) is 0 Å². The molecular formula is C13H27NO3. The predicted octanol–water partition coefficient (Wildman–Crippen LogP) is 1.31. The second-order valence-corrected chi connectivity index (χ2v) is 5.01. The van der Waals surface area contributed by atoms with Gasteiger partial charge in [-0.3, -0.25) is 4.79 Å². The maximum atomic E-state index is 11.8. The Morgan fingerprint density at radius 3 is 2.41 bits per heavy atom. The Morgan fingerprint density at radius 2 is 1.94 bits per heavy atom. The topological polar surface area (TPSA) is 69.6 Å². The van der Waals surface area contributed by atoms with Crippen LogP contribution in [0.5, 0.6) is 0 Å². The molecule has 17 heavy (non-hydrogen) atoms. The summed E-state index contributed by atoms with van der Waals surface area (Å²) in [5.41, 5.74) is 0. The van der Waals surface area contributed by atoms with E-state index in [0.717, 1.165) is 25.7 Å². The van der Waals surface area contributed by atoms with Crippen LogP contribution in [-0.2, 0) is 4.79 Å². The molecule has 0 aromatic heterocycles. The van der Waals surface area contributed by atoms with E-state index >= 15 is 0 Å². The fraction of sp³-hybridized carbons (Fsp3) is 0.923. The van der Waals surface area contributed by atoms with Crippen LogP contribution in [0.2, 0.25) is 0 Å². The van der Waals surface area contributed by atoms with Gasteiger partial charge in [0.25, 0.3) is 0 Å². The van der Waals surface area contributed by atoms with E-state index in [1.807, 2.05) is 6.92 Å². The maximum Gasteiger partial charge on any atom is 0.223 e. The number of carbonyl (C=O) groups is 1. The average Bonchev–Trinajstić information content (AvgIpc) is 2.30. The molecule has 0 saturated carbocycles. The molecule has 0 aliphatic carbocycles. The van der Waals surface area contributed by atoms with Crippen molar-refractivity contribution in [1.29, 1.82) is 0 Å². The standard InChI is InChI=1S/C13H27NO3/c1-4-11(7-5-6-10(2)3)13(17)14-8-12(16)9-15/h10-12,15-16H,4-9H2,1-3H3,(H,14,17). The first kappa shape index (κ1) is 16.4. The van der Waals surface area contributed by atoms with E-state index in [4.69, 9.17) is 10.2 Å². The fourth-order valence-electron chi connectivity index (χ4n) is 1.72. The summed E-state index contributed by atoms with van der Waals surface area (Å²) in [4.78, 5) is 11.8. The molecule has 4 heteroatoms. The van der Waals surface area contributed by atoms with Crippen LogP contribution in [0.15, 0.2) is 0 Å². The van der Waals surface area contributed by atoms with Crippen molar-refractivity contribution in [3.05, 3.63) is 0 Å². The molecule has 0 radical (unpaired) electrons. The molecule has 0 aliphatic rings. The first-order valence-electron chi connectivity index (χ1n) is 6.57. The Bertz CT molecular complexity index is 207. The summed E-state index contributed by atoms with van der Waals surface area (Å²) >= 11 is 0. The van der Waals surface area contributed by atoms with Gasteiger partial charge in [0.05, 0.1) is 12.7 Å². The Morgan fingerprint density at radius 1 is 1.29 bits per heavy atom. The summed E-state index contributed by atoms with van der Waals surface area (Å²) in [5.74, 6) is 0.690. The van der Waals surface area contributed by atoms with Crippen molar-refractivity contribution in [2.45, 2.75) is 52.6 Å². The van der Waals surface area contributed by atoms with Crippen LogP contribution in [0, 0.1) is 11.8 Å². The first-order valence-corrected chi connectivity index (χ1v) is 6.57. The summed E-state index contributed by atoms with van der Waals surface area (Å²) in [5, 5.41) is 20.5. The number of rotatable bonds is 9. The fourth-order valence-corrected chi connectivity index (χ4v) is 1.72. The number of carbonyl (C=O) groups excluding carboxylic acids is 1. The SMILES string of the molecule is CCC(CCCC(C)C)C(=O)NCC(O)CO. The lowest BCUT2D eigenvalue weighted by atomic mass is 9.95. The first-order chi connectivity index (χ1) is 8.01. The van der Waals surface area contributed by atoms with Crippen LogP contribution in [0.1, 0.15) is 46.5 Å². The van der Waals surface area contributed by atoms with E-state index in [1.54, 1.807) is 0 Å². The molecular weight excluding hydrogens is 218 g/mol. The number of amides is 1. The Hall–Kier alpha value is -0.610. The third-order valence-corrected chi connectivity index (χ3v) is 2.92.